The van der Waals surface area contributed by atoms with Gasteiger partial charge >= 0.3 is 6.03 Å². The Kier molecular flexibility index (Phi) is 5.60. The van der Waals surface area contributed by atoms with Gasteiger partial charge in [-0.3, -0.25) is 10.7 Å². The van der Waals surface area contributed by atoms with Gasteiger partial charge in [0.15, 0.2) is 0 Å². The van der Waals surface area contributed by atoms with Gasteiger partial charge in [-0.05, 0) is 13.8 Å². The van der Waals surface area contributed by atoms with Crippen LogP contribution < -0.4 is 16.2 Å². The Labute approximate surface area is 102 Å². The minimum atomic E-state index is -0.338. The molecule has 0 radical (unpaired) electrons. The minimum Gasteiger partial charge on any atom is -0.335 e. The van der Waals surface area contributed by atoms with Gasteiger partial charge in [-0.25, -0.2) is 20.1 Å². The smallest absolute Gasteiger partial charge is 0.333 e. The van der Waals surface area contributed by atoms with Gasteiger partial charge in [-0.15, -0.1) is 0 Å². The van der Waals surface area contributed by atoms with Crippen LogP contribution in [0.25, 0.3) is 0 Å². The van der Waals surface area contributed by atoms with Gasteiger partial charge in [0, 0.05) is 24.0 Å². The maximum Gasteiger partial charge on any atom is 0.333 e. The average molecular weight is 261 g/mol. The second kappa shape index (κ2) is 6.99. The summed E-state index contributed by atoms with van der Waals surface area (Å²) in [5.41, 5.74) is 5.05. The van der Waals surface area contributed by atoms with Crippen LogP contribution in [0.15, 0.2) is 0 Å². The lowest BCUT2D eigenvalue weighted by atomic mass is 10.4. The highest BCUT2D eigenvalue weighted by molar-refractivity contribution is 7.09. The molecular weight excluding hydrogens is 246 g/mol. The third-order valence-corrected chi connectivity index (χ3v) is 2.26. The van der Waals surface area contributed by atoms with Crippen molar-refractivity contribution in [1.29, 1.82) is 0 Å². The molecule has 0 bridgehead atoms. The number of carbonyl (C=O) groups is 1. The summed E-state index contributed by atoms with van der Waals surface area (Å²) < 4.78 is 4.00. The molecule has 4 N–H and O–H groups in total. The number of hydrogen-bond donors (Lipinski definition) is 4. The molecule has 1 rings (SSSR count). The van der Waals surface area contributed by atoms with E-state index in [1.807, 2.05) is 13.8 Å². The van der Waals surface area contributed by atoms with Crippen LogP contribution in [-0.2, 0) is 11.3 Å². The number of urea groups is 1. The molecule has 2 amide bonds. The predicted molar refractivity (Wildman–Crippen MR) is 62.6 cm³/mol. The third-order valence-electron chi connectivity index (χ3n) is 1.59. The van der Waals surface area contributed by atoms with Crippen LogP contribution in [0.3, 0.4) is 0 Å². The second-order valence-corrected chi connectivity index (χ2v) is 4.23. The first-order valence-electron chi connectivity index (χ1n) is 5.03. The number of nitrogens with zero attached hydrogens (tertiary/aromatic N) is 2. The fraction of sp³-hybridized carbons (Fsp3) is 0.625. The molecule has 0 aliphatic carbocycles. The Hall–Kier alpha value is -1.45. The van der Waals surface area contributed by atoms with Gasteiger partial charge < -0.3 is 5.32 Å². The van der Waals surface area contributed by atoms with Crippen LogP contribution in [0.1, 0.15) is 19.7 Å². The van der Waals surface area contributed by atoms with Gasteiger partial charge in [-0.2, -0.15) is 4.37 Å². The SMILES string of the molecule is CC(C)NC(=O)NNc1nc(CCOO)ns1. The summed E-state index contributed by atoms with van der Waals surface area (Å²) >= 11 is 1.11. The van der Waals surface area contributed by atoms with E-state index in [4.69, 9.17) is 5.26 Å². The minimum absolute atomic E-state index is 0.0588. The molecule has 0 saturated carbocycles. The van der Waals surface area contributed by atoms with Crippen LogP contribution in [0.4, 0.5) is 9.93 Å². The lowest BCUT2D eigenvalue weighted by Gasteiger charge is -2.09. The summed E-state index contributed by atoms with van der Waals surface area (Å²) in [5, 5.41) is 11.3. The zero-order chi connectivity index (χ0) is 12.7. The quantitative estimate of drug-likeness (QED) is 0.441. The Balaban J connectivity index is 2.31. The van der Waals surface area contributed by atoms with Crippen LogP contribution in [0, 0.1) is 0 Å². The number of rotatable bonds is 6. The zero-order valence-electron chi connectivity index (χ0n) is 9.56. The predicted octanol–water partition coefficient (Wildman–Crippen LogP) is 0.605. The van der Waals surface area contributed by atoms with Crippen molar-refractivity contribution in [3.8, 4) is 0 Å². The molecule has 0 fully saturated rings. The summed E-state index contributed by atoms with van der Waals surface area (Å²) in [7, 11) is 0. The van der Waals surface area contributed by atoms with E-state index in [1.165, 1.54) is 0 Å². The van der Waals surface area contributed by atoms with Crippen molar-refractivity contribution in [2.75, 3.05) is 12.0 Å². The Morgan fingerprint density at radius 3 is 3.00 bits per heavy atom. The molecule has 9 heteroatoms. The Bertz CT molecular complexity index is 357. The van der Waals surface area contributed by atoms with Crippen molar-refractivity contribution in [2.24, 2.45) is 0 Å². The number of hydrazine groups is 1. The highest BCUT2D eigenvalue weighted by Gasteiger charge is 2.05. The second-order valence-electron chi connectivity index (χ2n) is 3.48. The van der Waals surface area contributed by atoms with E-state index < -0.39 is 0 Å². The Morgan fingerprint density at radius 2 is 2.35 bits per heavy atom. The fourth-order valence-corrected chi connectivity index (χ4v) is 1.52. The first-order valence-corrected chi connectivity index (χ1v) is 5.80. The first kappa shape index (κ1) is 13.6. The van der Waals surface area contributed by atoms with Crippen molar-refractivity contribution in [3.05, 3.63) is 5.82 Å². The van der Waals surface area contributed by atoms with Crippen molar-refractivity contribution in [1.82, 2.24) is 20.1 Å². The number of hydrogen-bond acceptors (Lipinski definition) is 7. The van der Waals surface area contributed by atoms with E-state index in [-0.39, 0.29) is 18.7 Å². The number of aromatic nitrogens is 2. The number of amides is 2. The van der Waals surface area contributed by atoms with Crippen LogP contribution >= 0.6 is 11.5 Å². The van der Waals surface area contributed by atoms with E-state index in [1.54, 1.807) is 0 Å². The highest BCUT2D eigenvalue weighted by atomic mass is 32.1. The van der Waals surface area contributed by atoms with Crippen LogP contribution in [0.2, 0.25) is 0 Å². The Morgan fingerprint density at radius 1 is 1.59 bits per heavy atom. The van der Waals surface area contributed by atoms with Crippen molar-refractivity contribution >= 4 is 22.7 Å². The van der Waals surface area contributed by atoms with E-state index in [0.717, 1.165) is 11.5 Å². The molecule has 0 unspecified atom stereocenters. The fourth-order valence-electron chi connectivity index (χ4n) is 0.952. The molecule has 1 aromatic rings. The molecule has 17 heavy (non-hydrogen) atoms. The molecule has 96 valence electrons. The normalized spacial score (nSPS) is 10.4. The zero-order valence-corrected chi connectivity index (χ0v) is 10.4. The van der Waals surface area contributed by atoms with E-state index in [2.05, 4.69) is 30.4 Å². The number of anilines is 1. The van der Waals surface area contributed by atoms with Gasteiger partial charge in [0.1, 0.15) is 5.82 Å². The molecule has 0 aromatic carbocycles. The van der Waals surface area contributed by atoms with Crippen LogP contribution in [0.5, 0.6) is 0 Å². The molecule has 0 atom stereocenters. The molecule has 0 saturated heterocycles. The average Bonchev–Trinajstić information content (AvgIpc) is 2.70. The highest BCUT2D eigenvalue weighted by Crippen LogP contribution is 2.09. The lowest BCUT2D eigenvalue weighted by Crippen LogP contribution is -2.42. The van der Waals surface area contributed by atoms with Gasteiger partial charge in [-0.1, -0.05) is 0 Å². The monoisotopic (exact) mass is 261 g/mol. The lowest BCUT2D eigenvalue weighted by molar-refractivity contribution is -0.241. The molecular formula is C8H15N5O3S. The topological polar surface area (TPSA) is 108 Å². The van der Waals surface area contributed by atoms with Crippen molar-refractivity contribution < 1.29 is 14.9 Å². The van der Waals surface area contributed by atoms with Gasteiger partial charge in [0.2, 0.25) is 5.13 Å². The summed E-state index contributed by atoms with van der Waals surface area (Å²) in [4.78, 5) is 19.2. The molecule has 1 aromatic heterocycles. The summed E-state index contributed by atoms with van der Waals surface area (Å²) in [6.45, 7) is 3.85. The van der Waals surface area contributed by atoms with Gasteiger partial charge in [0.25, 0.3) is 0 Å². The largest absolute Gasteiger partial charge is 0.335 e. The van der Waals surface area contributed by atoms with E-state index >= 15 is 0 Å². The first-order chi connectivity index (χ1) is 8.11. The maximum absolute atomic E-state index is 11.2. The molecule has 8 nitrogen and oxygen atoms in total. The summed E-state index contributed by atoms with van der Waals surface area (Å²) in [5.74, 6) is 0.539. The third kappa shape index (κ3) is 5.43. The van der Waals surface area contributed by atoms with Crippen molar-refractivity contribution in [2.45, 2.75) is 26.3 Å². The number of carbonyl (C=O) groups excluding carboxylic acids is 1. The van der Waals surface area contributed by atoms with E-state index in [0.29, 0.717) is 17.4 Å². The molecule has 1 heterocycles. The van der Waals surface area contributed by atoms with Crippen molar-refractivity contribution in [3.63, 3.8) is 0 Å². The molecule has 0 aliphatic heterocycles. The molecule has 0 spiro atoms. The van der Waals surface area contributed by atoms with Crippen LogP contribution in [-0.4, -0.2) is 33.3 Å². The number of nitrogens with one attached hydrogen (secondary N) is 3. The standard InChI is InChI=1S/C8H15N5O3S/c1-5(2)9-7(14)11-12-8-10-6(13-17-8)3-4-16-15/h5,15H,3-4H2,1-2H3,(H2,9,11,14)(H,10,12,13). The summed E-state index contributed by atoms with van der Waals surface area (Å²) in [6.07, 6.45) is 0.410. The molecule has 0 aliphatic rings. The summed E-state index contributed by atoms with van der Waals surface area (Å²) in [6, 6.07) is -0.279. The van der Waals surface area contributed by atoms with Gasteiger partial charge in [0.05, 0.1) is 6.61 Å². The maximum atomic E-state index is 11.2. The van der Waals surface area contributed by atoms with E-state index in [9.17, 15) is 4.79 Å².